The normalized spacial score (nSPS) is 11.5. The Morgan fingerprint density at radius 1 is 0.441 bits per heavy atom. The fraction of sp³-hybridized carbons (Fsp3) is 0. The average molecular weight is 434 g/mol. The van der Waals surface area contributed by atoms with Crippen LogP contribution < -0.4 is 0 Å². The molecular weight excluding hydrogens is 414 g/mol. The minimum Gasteiger partial charge on any atom is -0.264 e. The molecule has 3 aromatic heterocycles. The van der Waals surface area contributed by atoms with E-state index in [9.17, 15) is 0 Å². The van der Waals surface area contributed by atoms with Gasteiger partial charge in [0.05, 0.1) is 11.0 Å². The fourth-order valence-electron chi connectivity index (χ4n) is 5.11. The first-order valence-corrected chi connectivity index (χ1v) is 11.4. The number of hydrogen-bond donors (Lipinski definition) is 0. The summed E-state index contributed by atoms with van der Waals surface area (Å²) >= 11 is 0. The monoisotopic (exact) mass is 433 g/mol. The van der Waals surface area contributed by atoms with Crippen molar-refractivity contribution < 1.29 is 0 Å². The van der Waals surface area contributed by atoms with Crippen molar-refractivity contribution in [3.05, 3.63) is 116 Å². The molecule has 0 spiro atoms. The molecule has 0 radical (unpaired) electrons. The van der Waals surface area contributed by atoms with E-state index in [0.717, 1.165) is 27.2 Å². The molecule has 3 heterocycles. The molecule has 158 valence electrons. The SMILES string of the molecule is c1cnc2ccc(-c3c4ccccc4c(-c4ccc5ncccc5c4)c4cnccc34)cc2c1. The highest BCUT2D eigenvalue weighted by molar-refractivity contribution is 6.21. The van der Waals surface area contributed by atoms with Crippen LogP contribution in [0.2, 0.25) is 0 Å². The van der Waals surface area contributed by atoms with Crippen molar-refractivity contribution in [1.82, 2.24) is 15.0 Å². The van der Waals surface area contributed by atoms with Gasteiger partial charge in [-0.15, -0.1) is 0 Å². The van der Waals surface area contributed by atoms with Crippen molar-refractivity contribution in [2.45, 2.75) is 0 Å². The van der Waals surface area contributed by atoms with Crippen LogP contribution in [0, 0.1) is 0 Å². The molecule has 3 nitrogen and oxygen atoms in total. The van der Waals surface area contributed by atoms with Gasteiger partial charge in [0.2, 0.25) is 0 Å². The lowest BCUT2D eigenvalue weighted by molar-refractivity contribution is 1.37. The molecule has 0 aliphatic rings. The number of aromatic nitrogens is 3. The molecule has 0 amide bonds. The summed E-state index contributed by atoms with van der Waals surface area (Å²) in [4.78, 5) is 13.5. The van der Waals surface area contributed by atoms with Crippen LogP contribution in [0.15, 0.2) is 116 Å². The fourth-order valence-corrected chi connectivity index (χ4v) is 5.11. The Bertz CT molecular complexity index is 1680. The number of benzene rings is 4. The summed E-state index contributed by atoms with van der Waals surface area (Å²) in [7, 11) is 0. The lowest BCUT2D eigenvalue weighted by Gasteiger charge is -2.17. The van der Waals surface area contributed by atoms with E-state index in [1.54, 1.807) is 0 Å². The maximum absolute atomic E-state index is 4.53. The third kappa shape index (κ3) is 2.87. The Labute approximate surface area is 196 Å². The van der Waals surface area contributed by atoms with Gasteiger partial charge in [-0.25, -0.2) is 0 Å². The highest BCUT2D eigenvalue weighted by atomic mass is 14.6. The van der Waals surface area contributed by atoms with Crippen LogP contribution in [0.3, 0.4) is 0 Å². The Morgan fingerprint density at radius 3 is 1.62 bits per heavy atom. The molecule has 7 rings (SSSR count). The van der Waals surface area contributed by atoms with Gasteiger partial charge in [0, 0.05) is 40.9 Å². The van der Waals surface area contributed by atoms with Crippen LogP contribution in [-0.4, -0.2) is 15.0 Å². The van der Waals surface area contributed by atoms with Crippen molar-refractivity contribution in [3.63, 3.8) is 0 Å². The van der Waals surface area contributed by atoms with Gasteiger partial charge < -0.3 is 0 Å². The van der Waals surface area contributed by atoms with Crippen molar-refractivity contribution in [2.24, 2.45) is 0 Å². The maximum Gasteiger partial charge on any atom is 0.0702 e. The molecule has 0 bridgehead atoms. The van der Waals surface area contributed by atoms with Crippen LogP contribution in [0.5, 0.6) is 0 Å². The lowest BCUT2D eigenvalue weighted by Crippen LogP contribution is -1.92. The van der Waals surface area contributed by atoms with Gasteiger partial charge in [-0.3, -0.25) is 15.0 Å². The molecule has 7 aromatic rings. The lowest BCUT2D eigenvalue weighted by atomic mass is 9.86. The van der Waals surface area contributed by atoms with Gasteiger partial charge >= 0.3 is 0 Å². The highest BCUT2D eigenvalue weighted by Gasteiger charge is 2.17. The van der Waals surface area contributed by atoms with Crippen LogP contribution in [-0.2, 0) is 0 Å². The minimum absolute atomic E-state index is 0.999. The Hall–Kier alpha value is -4.63. The summed E-state index contributed by atoms with van der Waals surface area (Å²) in [6.45, 7) is 0. The van der Waals surface area contributed by atoms with E-state index in [2.05, 4.69) is 93.8 Å². The molecule has 0 atom stereocenters. The van der Waals surface area contributed by atoms with E-state index in [1.165, 1.54) is 38.4 Å². The Kier molecular flexibility index (Phi) is 4.15. The third-order valence-corrected chi connectivity index (χ3v) is 6.61. The Balaban J connectivity index is 1.61. The second-order valence-corrected chi connectivity index (χ2v) is 8.54. The largest absolute Gasteiger partial charge is 0.264 e. The minimum atomic E-state index is 0.999. The van der Waals surface area contributed by atoms with Gasteiger partial charge in [0.1, 0.15) is 0 Å². The van der Waals surface area contributed by atoms with Gasteiger partial charge in [-0.05, 0) is 80.9 Å². The number of pyridine rings is 3. The standard InChI is InChI=1S/C31H19N3/c1-2-8-25-24(7-1)30(22-9-11-28-20(17-22)5-3-14-33-28)26-13-16-32-19-27(26)31(25)23-10-12-29-21(18-23)6-4-15-34-29/h1-19H. The van der Waals surface area contributed by atoms with Crippen molar-refractivity contribution in [1.29, 1.82) is 0 Å². The molecule has 0 saturated heterocycles. The second kappa shape index (κ2) is 7.46. The summed E-state index contributed by atoms with van der Waals surface area (Å²) in [6.07, 6.45) is 7.56. The summed E-state index contributed by atoms with van der Waals surface area (Å²) < 4.78 is 0. The topological polar surface area (TPSA) is 38.7 Å². The number of hydrogen-bond acceptors (Lipinski definition) is 3. The van der Waals surface area contributed by atoms with Crippen molar-refractivity contribution in [2.75, 3.05) is 0 Å². The molecule has 0 fully saturated rings. The number of nitrogens with zero attached hydrogens (tertiary/aromatic N) is 3. The molecule has 0 N–H and O–H groups in total. The summed E-state index contributed by atoms with van der Waals surface area (Å²) in [5, 5.41) is 7.05. The van der Waals surface area contributed by atoms with E-state index in [-0.39, 0.29) is 0 Å². The van der Waals surface area contributed by atoms with E-state index >= 15 is 0 Å². The second-order valence-electron chi connectivity index (χ2n) is 8.54. The van der Waals surface area contributed by atoms with E-state index in [0.29, 0.717) is 0 Å². The van der Waals surface area contributed by atoms with Gasteiger partial charge in [0.15, 0.2) is 0 Å². The summed E-state index contributed by atoms with van der Waals surface area (Å²) in [6, 6.07) is 32.1. The van der Waals surface area contributed by atoms with Crippen LogP contribution in [0.25, 0.3) is 65.6 Å². The van der Waals surface area contributed by atoms with Gasteiger partial charge in [-0.2, -0.15) is 0 Å². The maximum atomic E-state index is 4.53. The molecule has 0 saturated carbocycles. The van der Waals surface area contributed by atoms with Gasteiger partial charge in [-0.1, -0.05) is 48.5 Å². The average Bonchev–Trinajstić information content (AvgIpc) is 2.91. The van der Waals surface area contributed by atoms with Crippen molar-refractivity contribution in [3.8, 4) is 22.3 Å². The molecule has 4 aromatic carbocycles. The predicted molar refractivity (Wildman–Crippen MR) is 141 cm³/mol. The predicted octanol–water partition coefficient (Wildman–Crippen LogP) is 7.82. The van der Waals surface area contributed by atoms with E-state index in [1.807, 2.05) is 36.9 Å². The Morgan fingerprint density at radius 2 is 1.00 bits per heavy atom. The zero-order valence-corrected chi connectivity index (χ0v) is 18.3. The number of rotatable bonds is 2. The number of fused-ring (bicyclic) bond motifs is 4. The molecule has 0 unspecified atom stereocenters. The summed E-state index contributed by atoms with van der Waals surface area (Å²) in [5.74, 6) is 0. The first-order chi connectivity index (χ1) is 16.9. The van der Waals surface area contributed by atoms with E-state index in [4.69, 9.17) is 0 Å². The highest BCUT2D eigenvalue weighted by Crippen LogP contribution is 2.44. The molecule has 34 heavy (non-hydrogen) atoms. The first kappa shape index (κ1) is 18.9. The molecule has 0 aliphatic carbocycles. The molecular formula is C31H19N3. The van der Waals surface area contributed by atoms with E-state index < -0.39 is 0 Å². The van der Waals surface area contributed by atoms with Gasteiger partial charge in [0.25, 0.3) is 0 Å². The molecule has 0 aliphatic heterocycles. The van der Waals surface area contributed by atoms with Crippen molar-refractivity contribution >= 4 is 43.4 Å². The van der Waals surface area contributed by atoms with Crippen LogP contribution in [0.1, 0.15) is 0 Å². The first-order valence-electron chi connectivity index (χ1n) is 11.4. The third-order valence-electron chi connectivity index (χ3n) is 6.61. The molecule has 3 heteroatoms. The quantitative estimate of drug-likeness (QED) is 0.261. The van der Waals surface area contributed by atoms with Crippen LogP contribution >= 0.6 is 0 Å². The van der Waals surface area contributed by atoms with Crippen LogP contribution in [0.4, 0.5) is 0 Å². The zero-order valence-electron chi connectivity index (χ0n) is 18.3. The zero-order chi connectivity index (χ0) is 22.5. The summed E-state index contributed by atoms with van der Waals surface area (Å²) in [5.41, 5.74) is 6.79. The smallest absolute Gasteiger partial charge is 0.0702 e.